The molecule has 18 heavy (non-hydrogen) atoms. The van der Waals surface area contributed by atoms with Crippen LogP contribution < -0.4 is 0 Å². The van der Waals surface area contributed by atoms with E-state index in [2.05, 4.69) is 0 Å². The van der Waals surface area contributed by atoms with Gasteiger partial charge in [0.05, 0.1) is 6.42 Å². The Morgan fingerprint density at radius 1 is 1.28 bits per heavy atom. The van der Waals surface area contributed by atoms with Crippen LogP contribution in [0.15, 0.2) is 24.3 Å². The van der Waals surface area contributed by atoms with Crippen LogP contribution in [0.4, 0.5) is 0 Å². The lowest BCUT2D eigenvalue weighted by Gasteiger charge is -2.21. The minimum atomic E-state index is -0.765. The zero-order chi connectivity index (χ0) is 12.8. The Labute approximate surface area is 112 Å². The Bertz CT molecular complexity index is 400. The largest absolute Gasteiger partial charge is 0.481 e. The minimum absolute atomic E-state index is 0.116. The smallest absolute Gasteiger partial charge is 0.307 e. The molecule has 0 radical (unpaired) electrons. The van der Waals surface area contributed by atoms with Crippen molar-refractivity contribution in [2.75, 3.05) is 13.2 Å². The lowest BCUT2D eigenvalue weighted by atomic mass is 10.1. The molecule has 0 amide bonds. The van der Waals surface area contributed by atoms with Crippen LogP contribution in [-0.2, 0) is 21.7 Å². The average Bonchev–Trinajstić information content (AvgIpc) is 2.38. The number of hydrogen-bond donors (Lipinski definition) is 1. The van der Waals surface area contributed by atoms with Gasteiger partial charge in [-0.15, -0.1) is 0 Å². The van der Waals surface area contributed by atoms with Crippen LogP contribution in [0.2, 0.25) is 0 Å². The summed E-state index contributed by atoms with van der Waals surface area (Å²) in [5.41, 5.74) is 2.08. The van der Waals surface area contributed by atoms with Crippen molar-refractivity contribution in [1.29, 1.82) is 0 Å². The summed E-state index contributed by atoms with van der Waals surface area (Å²) >= 11 is 1.92. The summed E-state index contributed by atoms with van der Waals surface area (Å²) in [5, 5.41) is 9.53. The number of aliphatic carboxylic acids is 1. The first kappa shape index (κ1) is 13.4. The molecule has 1 aliphatic heterocycles. The molecule has 0 bridgehead atoms. The van der Waals surface area contributed by atoms with Crippen molar-refractivity contribution in [3.05, 3.63) is 35.4 Å². The molecule has 0 aromatic heterocycles. The number of thioether (sulfide) groups is 1. The van der Waals surface area contributed by atoms with Crippen molar-refractivity contribution in [3.8, 4) is 0 Å². The highest BCUT2D eigenvalue weighted by molar-refractivity contribution is 7.99. The van der Waals surface area contributed by atoms with Crippen molar-refractivity contribution in [1.82, 2.24) is 0 Å². The molecular weight excluding hydrogens is 248 g/mol. The summed E-state index contributed by atoms with van der Waals surface area (Å²) in [6.45, 7) is 1.71. The van der Waals surface area contributed by atoms with Crippen LogP contribution in [0.3, 0.4) is 0 Å². The van der Waals surface area contributed by atoms with E-state index < -0.39 is 5.97 Å². The molecule has 0 aliphatic carbocycles. The predicted octanol–water partition coefficient (Wildman–Crippen LogP) is 2.73. The van der Waals surface area contributed by atoms with E-state index in [9.17, 15) is 4.79 Å². The summed E-state index contributed by atoms with van der Waals surface area (Å²) < 4.78 is 5.34. The molecule has 0 spiro atoms. The van der Waals surface area contributed by atoms with Gasteiger partial charge in [-0.2, -0.15) is 11.8 Å². The normalized spacial score (nSPS) is 16.7. The number of hydrogen-bond acceptors (Lipinski definition) is 3. The second kappa shape index (κ2) is 6.81. The quantitative estimate of drug-likeness (QED) is 0.890. The molecule has 1 aromatic carbocycles. The third-order valence-electron chi connectivity index (χ3n) is 3.10. The van der Waals surface area contributed by atoms with E-state index >= 15 is 0 Å². The van der Waals surface area contributed by atoms with E-state index in [1.54, 1.807) is 0 Å². The van der Waals surface area contributed by atoms with E-state index in [0.29, 0.717) is 5.25 Å². The van der Waals surface area contributed by atoms with Gasteiger partial charge in [-0.3, -0.25) is 4.79 Å². The van der Waals surface area contributed by atoms with Crippen LogP contribution >= 0.6 is 11.8 Å². The van der Waals surface area contributed by atoms with Crippen molar-refractivity contribution >= 4 is 17.7 Å². The second-order valence-corrected chi connectivity index (χ2v) is 5.75. The first-order chi connectivity index (χ1) is 8.75. The van der Waals surface area contributed by atoms with Crippen LogP contribution in [0, 0.1) is 0 Å². The maximum atomic E-state index is 10.8. The average molecular weight is 266 g/mol. The molecule has 2 rings (SSSR count). The summed E-state index contributed by atoms with van der Waals surface area (Å²) in [6.07, 6.45) is 2.32. The van der Waals surface area contributed by atoms with Crippen LogP contribution in [-0.4, -0.2) is 29.5 Å². The lowest BCUT2D eigenvalue weighted by molar-refractivity contribution is -0.136. The molecule has 1 saturated heterocycles. The number of ether oxygens (including phenoxy) is 1. The Morgan fingerprint density at radius 2 is 1.94 bits per heavy atom. The molecule has 98 valence electrons. The lowest BCUT2D eigenvalue weighted by Crippen LogP contribution is -2.17. The third-order valence-corrected chi connectivity index (χ3v) is 4.52. The first-order valence-electron chi connectivity index (χ1n) is 6.23. The van der Waals surface area contributed by atoms with Gasteiger partial charge in [-0.1, -0.05) is 24.3 Å². The Morgan fingerprint density at radius 3 is 2.61 bits per heavy atom. The van der Waals surface area contributed by atoms with Gasteiger partial charge < -0.3 is 9.84 Å². The van der Waals surface area contributed by atoms with Gasteiger partial charge in [-0.05, 0) is 24.0 Å². The van der Waals surface area contributed by atoms with Crippen LogP contribution in [0.1, 0.15) is 24.0 Å². The molecule has 4 heteroatoms. The SMILES string of the molecule is O=C(O)Cc1ccccc1CSC1CCOCC1. The highest BCUT2D eigenvalue weighted by Gasteiger charge is 2.15. The van der Waals surface area contributed by atoms with Crippen LogP contribution in [0.5, 0.6) is 0 Å². The van der Waals surface area contributed by atoms with Crippen molar-refractivity contribution in [2.45, 2.75) is 30.3 Å². The molecule has 1 N–H and O–H groups in total. The van der Waals surface area contributed by atoms with Crippen molar-refractivity contribution < 1.29 is 14.6 Å². The third kappa shape index (κ3) is 4.03. The molecule has 1 aliphatic rings. The van der Waals surface area contributed by atoms with Gasteiger partial charge in [0, 0.05) is 24.2 Å². The van der Waals surface area contributed by atoms with Gasteiger partial charge in [0.1, 0.15) is 0 Å². The van der Waals surface area contributed by atoms with E-state index in [4.69, 9.17) is 9.84 Å². The maximum absolute atomic E-state index is 10.8. The Hall–Kier alpha value is -1.00. The fraction of sp³-hybridized carbons (Fsp3) is 0.500. The zero-order valence-electron chi connectivity index (χ0n) is 10.3. The molecule has 1 aromatic rings. The molecule has 0 unspecified atom stereocenters. The highest BCUT2D eigenvalue weighted by Crippen LogP contribution is 2.26. The van der Waals surface area contributed by atoms with Crippen molar-refractivity contribution in [2.24, 2.45) is 0 Å². The van der Waals surface area contributed by atoms with Gasteiger partial charge in [0.25, 0.3) is 0 Å². The van der Waals surface area contributed by atoms with E-state index in [0.717, 1.165) is 42.9 Å². The number of carboxylic acid groups (broad SMARTS) is 1. The van der Waals surface area contributed by atoms with E-state index in [1.807, 2.05) is 36.0 Å². The molecule has 1 fully saturated rings. The number of rotatable bonds is 5. The molecule has 0 saturated carbocycles. The fourth-order valence-electron chi connectivity index (χ4n) is 2.08. The second-order valence-electron chi connectivity index (χ2n) is 4.46. The first-order valence-corrected chi connectivity index (χ1v) is 7.28. The predicted molar refractivity (Wildman–Crippen MR) is 72.9 cm³/mol. The summed E-state index contributed by atoms with van der Waals surface area (Å²) in [5.74, 6) is 0.132. The minimum Gasteiger partial charge on any atom is -0.481 e. The van der Waals surface area contributed by atoms with Crippen LogP contribution in [0.25, 0.3) is 0 Å². The Kier molecular flexibility index (Phi) is 5.08. The molecule has 1 heterocycles. The standard InChI is InChI=1S/C14H18O3S/c15-14(16)9-11-3-1-2-4-12(11)10-18-13-5-7-17-8-6-13/h1-4,13H,5-10H2,(H,15,16). The fourth-order valence-corrected chi connectivity index (χ4v) is 3.31. The molecule has 0 atom stereocenters. The van der Waals surface area contributed by atoms with Gasteiger partial charge in [-0.25, -0.2) is 0 Å². The number of carbonyl (C=O) groups is 1. The van der Waals surface area contributed by atoms with Gasteiger partial charge in [0.15, 0.2) is 0 Å². The van der Waals surface area contributed by atoms with Gasteiger partial charge >= 0.3 is 5.97 Å². The summed E-state index contributed by atoms with van der Waals surface area (Å²) in [7, 11) is 0. The van der Waals surface area contributed by atoms with Crippen molar-refractivity contribution in [3.63, 3.8) is 0 Å². The van der Waals surface area contributed by atoms with E-state index in [1.165, 1.54) is 0 Å². The molecule has 3 nitrogen and oxygen atoms in total. The highest BCUT2D eigenvalue weighted by atomic mass is 32.2. The zero-order valence-corrected chi connectivity index (χ0v) is 11.1. The monoisotopic (exact) mass is 266 g/mol. The number of benzene rings is 1. The van der Waals surface area contributed by atoms with E-state index in [-0.39, 0.29) is 6.42 Å². The molecular formula is C14H18O3S. The Balaban J connectivity index is 1.93. The topological polar surface area (TPSA) is 46.5 Å². The maximum Gasteiger partial charge on any atom is 0.307 e. The summed E-state index contributed by atoms with van der Waals surface area (Å²) in [4.78, 5) is 10.8. The number of carboxylic acids is 1. The summed E-state index contributed by atoms with van der Waals surface area (Å²) in [6, 6.07) is 7.82. The van der Waals surface area contributed by atoms with Gasteiger partial charge in [0.2, 0.25) is 0 Å².